The van der Waals surface area contributed by atoms with Gasteiger partial charge in [-0.3, -0.25) is 0 Å². The molecule has 2 aromatic carbocycles. The van der Waals surface area contributed by atoms with Crippen molar-refractivity contribution in [2.75, 3.05) is 0 Å². The van der Waals surface area contributed by atoms with E-state index >= 15 is 0 Å². The Labute approximate surface area is 152 Å². The van der Waals surface area contributed by atoms with Gasteiger partial charge in [-0.25, -0.2) is 4.79 Å². The number of halogens is 9. The molecule has 0 N–H and O–H groups in total. The summed E-state index contributed by atoms with van der Waals surface area (Å²) >= 11 is 6.14. The number of rotatable bonds is 3. The van der Waals surface area contributed by atoms with Gasteiger partial charge in [0.2, 0.25) is 0 Å². The van der Waals surface area contributed by atoms with Crippen LogP contribution in [0.5, 0.6) is 5.75 Å². The van der Waals surface area contributed by atoms with Crippen molar-refractivity contribution in [2.45, 2.75) is 18.0 Å². The van der Waals surface area contributed by atoms with Crippen LogP contribution in [0, 0.1) is 0 Å². The lowest BCUT2D eigenvalue weighted by atomic mass is 10.1. The molecule has 11 heteroatoms. The van der Waals surface area contributed by atoms with Crippen molar-refractivity contribution in [2.24, 2.45) is 0 Å². The second-order valence-corrected chi connectivity index (χ2v) is 6.49. The highest BCUT2D eigenvalue weighted by Crippen LogP contribution is 2.47. The van der Waals surface area contributed by atoms with Gasteiger partial charge in [-0.1, -0.05) is 28.1 Å². The van der Waals surface area contributed by atoms with Gasteiger partial charge >= 0.3 is 24.0 Å². The average molecular weight is 498 g/mol. The molecule has 25 heavy (non-hydrogen) atoms. The second-order valence-electron chi connectivity index (χ2n) is 4.78. The van der Waals surface area contributed by atoms with Gasteiger partial charge in [0, 0.05) is 4.47 Å². The first-order valence-corrected chi connectivity index (χ1v) is 7.80. The topological polar surface area (TPSA) is 26.3 Å². The Morgan fingerprint density at radius 1 is 0.920 bits per heavy atom. The summed E-state index contributed by atoms with van der Waals surface area (Å²) in [6.07, 6.45) is -6.62. The zero-order valence-electron chi connectivity index (χ0n) is 11.6. The van der Waals surface area contributed by atoms with Crippen molar-refractivity contribution in [1.29, 1.82) is 0 Å². The molecule has 0 aliphatic rings. The van der Waals surface area contributed by atoms with Crippen LogP contribution in [-0.4, -0.2) is 24.0 Å². The van der Waals surface area contributed by atoms with Crippen LogP contribution in [0.4, 0.5) is 30.7 Å². The molecule has 2 aromatic rings. The summed E-state index contributed by atoms with van der Waals surface area (Å²) in [6.45, 7) is 0. The molecule has 0 amide bonds. The summed E-state index contributed by atoms with van der Waals surface area (Å²) < 4.78 is 93.4. The van der Waals surface area contributed by atoms with Crippen molar-refractivity contribution >= 4 is 48.6 Å². The molecule has 2 nitrogen and oxygen atoms in total. The number of carbonyl (C=O) groups excluding carboxylic acids is 1. The molecule has 0 aliphatic carbocycles. The normalized spacial score (nSPS) is 13.2. The fraction of sp³-hybridized carbons (Fsp3) is 0.214. The number of hydrogen-bond donors (Lipinski definition) is 0. The average Bonchev–Trinajstić information content (AvgIpc) is 2.48. The van der Waals surface area contributed by atoms with Gasteiger partial charge in [0.1, 0.15) is 5.75 Å². The quantitative estimate of drug-likeness (QED) is 0.291. The highest BCUT2D eigenvalue weighted by atomic mass is 79.9. The standard InChI is InChI=1S/C14H5Br2F7O2/c15-7-2-3-8-6(5-7)1-4-9(10(8)16)25-11(24)12(17,18)13(19,20)14(21,22)23/h1-5H. The highest BCUT2D eigenvalue weighted by molar-refractivity contribution is 9.11. The van der Waals surface area contributed by atoms with Crippen molar-refractivity contribution < 1.29 is 40.3 Å². The molecule has 0 atom stereocenters. The molecule has 0 spiro atoms. The molecule has 0 radical (unpaired) electrons. The third kappa shape index (κ3) is 3.48. The summed E-state index contributed by atoms with van der Waals surface area (Å²) in [7, 11) is 0. The number of ether oxygens (including phenoxy) is 1. The van der Waals surface area contributed by atoms with Gasteiger partial charge in [-0.15, -0.1) is 0 Å². The predicted octanol–water partition coefficient (Wildman–Crippen LogP) is 6.10. The molecule has 0 heterocycles. The molecular weight excluding hydrogens is 493 g/mol. The van der Waals surface area contributed by atoms with E-state index in [0.29, 0.717) is 15.2 Å². The first-order valence-electron chi connectivity index (χ1n) is 6.21. The van der Waals surface area contributed by atoms with E-state index in [2.05, 4.69) is 36.6 Å². The van der Waals surface area contributed by atoms with E-state index in [4.69, 9.17) is 0 Å². The third-order valence-corrected chi connectivity index (χ3v) is 4.40. The van der Waals surface area contributed by atoms with E-state index in [1.807, 2.05) is 0 Å². The number of alkyl halides is 7. The second kappa shape index (κ2) is 6.42. The van der Waals surface area contributed by atoms with Crippen LogP contribution in [-0.2, 0) is 4.79 Å². The fourth-order valence-electron chi connectivity index (χ4n) is 1.79. The Bertz CT molecular complexity index is 834. The summed E-state index contributed by atoms with van der Waals surface area (Å²) in [5, 5.41) is 0.924. The van der Waals surface area contributed by atoms with E-state index in [9.17, 15) is 35.5 Å². The largest absolute Gasteiger partial charge is 0.460 e. The Kier molecular flexibility index (Phi) is 5.12. The molecule has 0 saturated heterocycles. The maximum absolute atomic E-state index is 13.3. The van der Waals surface area contributed by atoms with Gasteiger partial charge < -0.3 is 4.74 Å². The molecule has 0 fully saturated rings. The van der Waals surface area contributed by atoms with Crippen LogP contribution in [0.25, 0.3) is 10.8 Å². The Morgan fingerprint density at radius 3 is 2.08 bits per heavy atom. The number of fused-ring (bicyclic) bond motifs is 1. The summed E-state index contributed by atoms with van der Waals surface area (Å²) in [5.74, 6) is -16.3. The first-order chi connectivity index (χ1) is 11.3. The lowest BCUT2D eigenvalue weighted by Gasteiger charge is -2.26. The van der Waals surface area contributed by atoms with Crippen molar-refractivity contribution in [1.82, 2.24) is 0 Å². The van der Waals surface area contributed by atoms with Gasteiger partial charge in [0.15, 0.2) is 0 Å². The zero-order chi connectivity index (χ0) is 19.2. The zero-order valence-corrected chi connectivity index (χ0v) is 14.8. The van der Waals surface area contributed by atoms with Crippen LogP contribution in [0.3, 0.4) is 0 Å². The maximum atomic E-state index is 13.3. The fourth-order valence-corrected chi connectivity index (χ4v) is 2.74. The van der Waals surface area contributed by atoms with Gasteiger partial charge in [0.25, 0.3) is 0 Å². The van der Waals surface area contributed by atoms with E-state index < -0.39 is 29.7 Å². The van der Waals surface area contributed by atoms with E-state index in [1.165, 1.54) is 12.1 Å². The van der Waals surface area contributed by atoms with Crippen LogP contribution in [0.15, 0.2) is 39.3 Å². The lowest BCUT2D eigenvalue weighted by Crippen LogP contribution is -2.57. The van der Waals surface area contributed by atoms with E-state index in [1.54, 1.807) is 12.1 Å². The molecule has 0 aromatic heterocycles. The Balaban J connectivity index is 2.39. The monoisotopic (exact) mass is 496 g/mol. The maximum Gasteiger partial charge on any atom is 0.460 e. The molecule has 0 bridgehead atoms. The molecule has 136 valence electrons. The number of esters is 1. The van der Waals surface area contributed by atoms with Crippen LogP contribution in [0.1, 0.15) is 0 Å². The lowest BCUT2D eigenvalue weighted by molar-refractivity contribution is -0.346. The minimum Gasteiger partial charge on any atom is -0.421 e. The Hall–Kier alpha value is -1.36. The van der Waals surface area contributed by atoms with E-state index in [-0.39, 0.29) is 4.47 Å². The Morgan fingerprint density at radius 2 is 1.52 bits per heavy atom. The van der Waals surface area contributed by atoms with Gasteiger partial charge in [-0.2, -0.15) is 30.7 Å². The minimum absolute atomic E-state index is 0.0584. The molecule has 0 aliphatic heterocycles. The van der Waals surface area contributed by atoms with E-state index in [0.717, 1.165) is 6.07 Å². The number of benzene rings is 2. The summed E-state index contributed by atoms with van der Waals surface area (Å²) in [4.78, 5) is 11.3. The van der Waals surface area contributed by atoms with Crippen LogP contribution < -0.4 is 4.74 Å². The van der Waals surface area contributed by atoms with Crippen LogP contribution >= 0.6 is 31.9 Å². The van der Waals surface area contributed by atoms with Crippen molar-refractivity contribution in [3.63, 3.8) is 0 Å². The van der Waals surface area contributed by atoms with Crippen molar-refractivity contribution in [3.8, 4) is 5.75 Å². The highest BCUT2D eigenvalue weighted by Gasteiger charge is 2.77. The smallest absolute Gasteiger partial charge is 0.421 e. The SMILES string of the molecule is O=C(Oc1ccc2cc(Br)ccc2c1Br)C(F)(F)C(F)(F)C(F)(F)F. The molecular formula is C14H5Br2F7O2. The van der Waals surface area contributed by atoms with Gasteiger partial charge in [-0.05, 0) is 44.9 Å². The predicted molar refractivity (Wildman–Crippen MR) is 80.9 cm³/mol. The minimum atomic E-state index is -6.62. The molecule has 0 saturated carbocycles. The molecule has 0 unspecified atom stereocenters. The van der Waals surface area contributed by atoms with Crippen LogP contribution in [0.2, 0.25) is 0 Å². The molecule has 2 rings (SSSR count). The third-order valence-electron chi connectivity index (χ3n) is 3.09. The summed E-state index contributed by atoms with van der Waals surface area (Å²) in [5.41, 5.74) is 0. The summed E-state index contributed by atoms with van der Waals surface area (Å²) in [6, 6.07) is 6.97. The van der Waals surface area contributed by atoms with Crippen molar-refractivity contribution in [3.05, 3.63) is 39.3 Å². The van der Waals surface area contributed by atoms with Gasteiger partial charge in [0.05, 0.1) is 4.47 Å². The first kappa shape index (κ1) is 20.0. The number of hydrogen-bond acceptors (Lipinski definition) is 2. The number of carbonyl (C=O) groups is 1.